The number of carbonyl (C=O) groups excluding carboxylic acids is 3. The third-order valence-electron chi connectivity index (χ3n) is 10.0. The highest BCUT2D eigenvalue weighted by atomic mass is 19.1. The number of halogens is 1. The number of ether oxygens (including phenoxy) is 5. The first-order valence-electron chi connectivity index (χ1n) is 18.6. The Labute approximate surface area is 324 Å². The maximum atomic E-state index is 13.3. The average molecular weight is 767 g/mol. The number of fused-ring (bicyclic) bond motifs is 7. The zero-order chi connectivity index (χ0) is 39.5. The van der Waals surface area contributed by atoms with Gasteiger partial charge in [0.05, 0.1) is 45.3 Å². The lowest BCUT2D eigenvalue weighted by atomic mass is 9.77. The fourth-order valence-corrected chi connectivity index (χ4v) is 7.36. The number of amides is 2. The number of carbonyl (C=O) groups is 3. The Bertz CT molecular complexity index is 1960. The van der Waals surface area contributed by atoms with Gasteiger partial charge in [0.2, 0.25) is 0 Å². The number of hydrogen-bond acceptors (Lipinski definition) is 11. The van der Waals surface area contributed by atoms with Crippen molar-refractivity contribution >= 4 is 25.2 Å². The summed E-state index contributed by atoms with van der Waals surface area (Å²) < 4.78 is 39.5. The van der Waals surface area contributed by atoms with E-state index < -0.39 is 24.3 Å². The molecule has 1 fully saturated rings. The number of rotatable bonds is 14. The number of alkyl carbamates (subject to hydrolysis) is 1. The molecule has 1 saturated carbocycles. The molecule has 2 aliphatic heterocycles. The summed E-state index contributed by atoms with van der Waals surface area (Å²) in [5.41, 5.74) is 0.601. The Hall–Kier alpha value is -5.77. The summed E-state index contributed by atoms with van der Waals surface area (Å²) in [5, 5.41) is 33.4. The number of benzene rings is 3. The van der Waals surface area contributed by atoms with Gasteiger partial charge in [-0.25, -0.2) is 14.9 Å². The highest BCUT2D eigenvalue weighted by molar-refractivity contribution is 6.45. The Morgan fingerprint density at radius 3 is 2.09 bits per heavy atom. The third-order valence-corrected chi connectivity index (χ3v) is 10.0. The quantitative estimate of drug-likeness (QED) is 0.0736. The maximum Gasteiger partial charge on any atom is 0.407 e. The molecule has 0 aromatic heterocycles. The molecule has 2 aliphatic carbocycles. The van der Waals surface area contributed by atoms with Crippen LogP contribution in [0.4, 0.5) is 9.18 Å². The van der Waals surface area contributed by atoms with Crippen molar-refractivity contribution in [1.29, 1.82) is 5.26 Å². The van der Waals surface area contributed by atoms with Crippen molar-refractivity contribution in [3.05, 3.63) is 82.4 Å². The Morgan fingerprint density at radius 2 is 1.50 bits per heavy atom. The number of nitriles is 1. The van der Waals surface area contributed by atoms with Crippen LogP contribution in [0.5, 0.6) is 23.0 Å². The summed E-state index contributed by atoms with van der Waals surface area (Å²) in [5.74, 6) is 9.26. The Balaban J connectivity index is 0.000000822. The van der Waals surface area contributed by atoms with Crippen LogP contribution in [-0.4, -0.2) is 88.3 Å². The van der Waals surface area contributed by atoms with E-state index in [1.54, 1.807) is 30.2 Å². The van der Waals surface area contributed by atoms with Crippen molar-refractivity contribution in [1.82, 2.24) is 10.6 Å². The molecule has 1 radical (unpaired) electrons. The van der Waals surface area contributed by atoms with Crippen LogP contribution in [0, 0.1) is 40.8 Å². The van der Waals surface area contributed by atoms with E-state index in [9.17, 15) is 29.0 Å². The molecule has 3 atom stereocenters. The molecule has 4 aliphatic rings. The van der Waals surface area contributed by atoms with Crippen LogP contribution in [0.1, 0.15) is 63.1 Å². The van der Waals surface area contributed by atoms with Gasteiger partial charge in [-0.15, -0.1) is 11.8 Å². The molecule has 3 aromatic rings. The van der Waals surface area contributed by atoms with E-state index >= 15 is 0 Å². The first-order chi connectivity index (χ1) is 27.3. The van der Waals surface area contributed by atoms with Crippen molar-refractivity contribution in [3.8, 4) is 40.8 Å². The molecule has 15 heteroatoms. The van der Waals surface area contributed by atoms with E-state index in [1.165, 1.54) is 37.6 Å². The largest absolute Gasteiger partial charge is 0.508 e. The monoisotopic (exact) mass is 766 g/mol. The molecule has 0 bridgehead atoms. The first kappa shape index (κ1) is 39.9. The minimum absolute atomic E-state index is 0.0370. The van der Waals surface area contributed by atoms with Crippen molar-refractivity contribution in [2.45, 2.75) is 37.6 Å². The van der Waals surface area contributed by atoms with Gasteiger partial charge < -0.3 is 44.5 Å². The minimum atomic E-state index is -1.40. The molecule has 291 valence electrons. The van der Waals surface area contributed by atoms with Gasteiger partial charge in [-0.3, -0.25) is 9.18 Å². The number of aromatic hydroxyl groups is 2. The van der Waals surface area contributed by atoms with Gasteiger partial charge in [-0.2, -0.15) is 0 Å². The summed E-state index contributed by atoms with van der Waals surface area (Å²) in [6, 6.07) is 13.8. The molecule has 1 spiro atoms. The number of phenolic OH excluding ortho intramolecular Hbond substituents is 2. The lowest BCUT2D eigenvalue weighted by Gasteiger charge is -2.36. The molecule has 0 saturated heterocycles. The molecule has 13 nitrogen and oxygen atoms in total. The van der Waals surface area contributed by atoms with Gasteiger partial charge in [-0.1, -0.05) is 6.07 Å². The van der Waals surface area contributed by atoms with Crippen molar-refractivity contribution in [2.75, 3.05) is 52.8 Å². The Kier molecular flexibility index (Phi) is 13.3. The summed E-state index contributed by atoms with van der Waals surface area (Å²) in [4.78, 5) is 38.3. The smallest absolute Gasteiger partial charge is 0.407 e. The lowest BCUT2D eigenvalue weighted by molar-refractivity contribution is 0.0224. The number of nitrogens with zero attached hydrogens (tertiary/aromatic N) is 1. The van der Waals surface area contributed by atoms with E-state index in [-0.39, 0.29) is 59.5 Å². The summed E-state index contributed by atoms with van der Waals surface area (Å²) >= 11 is 0. The van der Waals surface area contributed by atoms with Gasteiger partial charge in [0.15, 0.2) is 5.60 Å². The standard InChI is InChI=1S/C38H38N2O10.C3H4BFN/c41-24-8-11-31-33(20-24)49-34-21-25(42)9-12-32(34)38(31)30-10-7-23(19-28(30)36(44)50-38)35(43)39-13-15-46-17-18-47-16-14-40-37(45)48-22-29-26-5-3-1-2-4-6-27(26)29;5-2-1-4-3-6/h7-12,19-21,26-27,29,41-42H,3-6,13-18,22H2,(H,39,43)(H,40,45);1-2H2/t26-,27+,29?;. The second-order valence-corrected chi connectivity index (χ2v) is 13.5. The molecular weight excluding hydrogens is 724 g/mol. The van der Waals surface area contributed by atoms with Crippen molar-refractivity contribution < 1.29 is 52.7 Å². The highest BCUT2D eigenvalue weighted by Crippen LogP contribution is 2.57. The predicted molar refractivity (Wildman–Crippen MR) is 200 cm³/mol. The SMILES string of the molecule is N#C[B]CCF.O=C(NCCOCCOCCNC(=O)c1ccc2c(c1)C(=O)OC21c2ccc(O)cc2Oc2cc(O)ccc21)OCC1[C@H]2CCC#CCC[C@@H]12. The average Bonchev–Trinajstić information content (AvgIpc) is 3.74. The summed E-state index contributed by atoms with van der Waals surface area (Å²) in [6.45, 7) is 1.79. The van der Waals surface area contributed by atoms with Gasteiger partial charge >= 0.3 is 12.1 Å². The number of phenols is 2. The number of esters is 1. The van der Waals surface area contributed by atoms with Crippen LogP contribution in [0.25, 0.3) is 0 Å². The van der Waals surface area contributed by atoms with Crippen LogP contribution in [-0.2, 0) is 24.5 Å². The molecule has 3 aromatic carbocycles. The normalized spacial score (nSPS) is 18.8. The zero-order valence-electron chi connectivity index (χ0n) is 30.7. The summed E-state index contributed by atoms with van der Waals surface area (Å²) in [6.07, 6.45) is 3.88. The number of nitrogens with one attached hydrogen (secondary N) is 2. The van der Waals surface area contributed by atoms with Crippen LogP contribution in [0.3, 0.4) is 0 Å². The van der Waals surface area contributed by atoms with E-state index in [0.717, 1.165) is 25.7 Å². The molecular formula is C41H42BFN3O10. The number of hydrogen-bond donors (Lipinski definition) is 4. The maximum absolute atomic E-state index is 13.3. The van der Waals surface area contributed by atoms with Crippen molar-refractivity contribution in [2.24, 2.45) is 17.8 Å². The van der Waals surface area contributed by atoms with E-state index in [0.29, 0.717) is 67.4 Å². The minimum Gasteiger partial charge on any atom is -0.508 e. The van der Waals surface area contributed by atoms with Crippen LogP contribution in [0.2, 0.25) is 6.32 Å². The first-order valence-corrected chi connectivity index (χ1v) is 18.6. The lowest BCUT2D eigenvalue weighted by Crippen LogP contribution is -2.33. The van der Waals surface area contributed by atoms with Crippen molar-refractivity contribution in [3.63, 3.8) is 0 Å². The predicted octanol–water partition coefficient (Wildman–Crippen LogP) is 5.15. The Morgan fingerprint density at radius 1 is 0.893 bits per heavy atom. The van der Waals surface area contributed by atoms with Gasteiger partial charge in [0, 0.05) is 60.3 Å². The van der Waals surface area contributed by atoms with Crippen LogP contribution in [0.15, 0.2) is 54.6 Å². The topological polar surface area (TPSA) is 186 Å². The zero-order valence-corrected chi connectivity index (χ0v) is 30.7. The summed E-state index contributed by atoms with van der Waals surface area (Å²) in [7, 11) is 1.24. The van der Waals surface area contributed by atoms with Crippen LogP contribution < -0.4 is 15.4 Å². The molecule has 2 heterocycles. The fraction of sp³-hybridized carbons (Fsp3) is 0.415. The van der Waals surface area contributed by atoms with Crippen LogP contribution >= 0.6 is 0 Å². The van der Waals surface area contributed by atoms with E-state index in [4.69, 9.17) is 28.9 Å². The molecule has 7 rings (SSSR count). The fourth-order valence-electron chi connectivity index (χ4n) is 7.36. The third kappa shape index (κ3) is 9.19. The van der Waals surface area contributed by atoms with Gasteiger partial charge in [0.25, 0.3) is 13.2 Å². The second-order valence-electron chi connectivity index (χ2n) is 13.5. The molecule has 2 amide bonds. The second kappa shape index (κ2) is 18.7. The number of alkyl halides is 1. The highest BCUT2D eigenvalue weighted by Gasteiger charge is 2.54. The van der Waals surface area contributed by atoms with Gasteiger partial charge in [-0.05, 0) is 79.3 Å². The molecule has 4 N–H and O–H groups in total. The van der Waals surface area contributed by atoms with Gasteiger partial charge in [0.1, 0.15) is 23.0 Å². The molecule has 56 heavy (non-hydrogen) atoms. The van der Waals surface area contributed by atoms with E-state index in [1.807, 2.05) is 0 Å². The van der Waals surface area contributed by atoms with E-state index in [2.05, 4.69) is 22.5 Å². The molecule has 1 unspecified atom stereocenters.